The molecule has 5 rings (SSSR count). The Bertz CT molecular complexity index is 798. The van der Waals surface area contributed by atoms with Crippen LogP contribution >= 0.6 is 22.9 Å². The number of piperidine rings is 1. The monoisotopic (exact) mass is 408 g/mol. The Morgan fingerprint density at radius 2 is 1.78 bits per heavy atom. The lowest BCUT2D eigenvalue weighted by Crippen LogP contribution is -2.50. The summed E-state index contributed by atoms with van der Waals surface area (Å²) in [5.41, 5.74) is 0.886. The van der Waals surface area contributed by atoms with Crippen LogP contribution in [-0.2, 0) is 11.3 Å². The SMILES string of the molecule is Clc1nc(N2CCOCC2)c2nc(CN3CCC(N4CCC4)CC3)sc2n1. The molecule has 9 heteroatoms. The molecule has 0 spiro atoms. The van der Waals surface area contributed by atoms with Gasteiger partial charge in [0.25, 0.3) is 0 Å². The van der Waals surface area contributed by atoms with Crippen molar-refractivity contribution in [2.24, 2.45) is 0 Å². The van der Waals surface area contributed by atoms with Crippen LogP contribution in [0.4, 0.5) is 5.82 Å². The van der Waals surface area contributed by atoms with E-state index >= 15 is 0 Å². The second-order valence-electron chi connectivity index (χ2n) is 7.57. The molecule has 3 saturated heterocycles. The molecule has 2 aromatic rings. The zero-order chi connectivity index (χ0) is 18.2. The fourth-order valence-corrected chi connectivity index (χ4v) is 5.42. The molecule has 146 valence electrons. The van der Waals surface area contributed by atoms with Crippen LogP contribution in [0.2, 0.25) is 5.28 Å². The Morgan fingerprint density at radius 1 is 1.00 bits per heavy atom. The third-order valence-electron chi connectivity index (χ3n) is 5.89. The molecule has 0 bridgehead atoms. The van der Waals surface area contributed by atoms with E-state index in [1.807, 2.05) is 0 Å². The summed E-state index contributed by atoms with van der Waals surface area (Å²) in [5, 5.41) is 1.41. The number of hydrogen-bond donors (Lipinski definition) is 0. The quantitative estimate of drug-likeness (QED) is 0.719. The Labute approximate surface area is 168 Å². The molecule has 0 aliphatic carbocycles. The van der Waals surface area contributed by atoms with E-state index in [1.54, 1.807) is 11.3 Å². The van der Waals surface area contributed by atoms with Crippen LogP contribution < -0.4 is 4.90 Å². The van der Waals surface area contributed by atoms with Crippen LogP contribution in [0.5, 0.6) is 0 Å². The highest BCUT2D eigenvalue weighted by Crippen LogP contribution is 2.31. The van der Waals surface area contributed by atoms with Crippen LogP contribution in [0, 0.1) is 0 Å². The van der Waals surface area contributed by atoms with E-state index in [4.69, 9.17) is 21.3 Å². The van der Waals surface area contributed by atoms with Gasteiger partial charge in [0.2, 0.25) is 5.28 Å². The summed E-state index contributed by atoms with van der Waals surface area (Å²) in [6, 6.07) is 0.794. The van der Waals surface area contributed by atoms with Gasteiger partial charge in [-0.3, -0.25) is 4.90 Å². The fourth-order valence-electron chi connectivity index (χ4n) is 4.23. The summed E-state index contributed by atoms with van der Waals surface area (Å²) < 4.78 is 5.46. The summed E-state index contributed by atoms with van der Waals surface area (Å²) >= 11 is 7.84. The highest BCUT2D eigenvalue weighted by atomic mass is 35.5. The van der Waals surface area contributed by atoms with Gasteiger partial charge >= 0.3 is 0 Å². The summed E-state index contributed by atoms with van der Waals surface area (Å²) in [5.74, 6) is 0.854. The van der Waals surface area contributed by atoms with Crippen molar-refractivity contribution < 1.29 is 4.74 Å². The minimum absolute atomic E-state index is 0.301. The minimum Gasteiger partial charge on any atom is -0.378 e. The van der Waals surface area contributed by atoms with Gasteiger partial charge in [-0.2, -0.15) is 4.98 Å². The van der Waals surface area contributed by atoms with Crippen LogP contribution in [0.3, 0.4) is 0 Å². The molecule has 0 N–H and O–H groups in total. The van der Waals surface area contributed by atoms with Crippen molar-refractivity contribution in [3.63, 3.8) is 0 Å². The first-order valence-corrected chi connectivity index (χ1v) is 11.1. The highest BCUT2D eigenvalue weighted by Gasteiger charge is 2.28. The smallest absolute Gasteiger partial charge is 0.225 e. The predicted octanol–water partition coefficient (Wildman–Crippen LogP) is 2.25. The average molecular weight is 409 g/mol. The van der Waals surface area contributed by atoms with Gasteiger partial charge in [-0.25, -0.2) is 9.97 Å². The van der Waals surface area contributed by atoms with Crippen molar-refractivity contribution >= 4 is 39.1 Å². The summed E-state index contributed by atoms with van der Waals surface area (Å²) in [7, 11) is 0. The van der Waals surface area contributed by atoms with E-state index in [-0.39, 0.29) is 0 Å². The molecule has 0 unspecified atom stereocenters. The van der Waals surface area contributed by atoms with E-state index in [1.165, 1.54) is 32.4 Å². The number of thiazole rings is 1. The molecular weight excluding hydrogens is 384 g/mol. The van der Waals surface area contributed by atoms with Crippen LogP contribution in [0.15, 0.2) is 0 Å². The molecule has 7 nitrogen and oxygen atoms in total. The molecule has 27 heavy (non-hydrogen) atoms. The Kier molecular flexibility index (Phi) is 5.17. The second kappa shape index (κ2) is 7.75. The van der Waals surface area contributed by atoms with Crippen molar-refractivity contribution in [2.75, 3.05) is 57.4 Å². The number of likely N-dealkylation sites (tertiary alicyclic amines) is 2. The number of aromatic nitrogens is 3. The summed E-state index contributed by atoms with van der Waals surface area (Å²) in [6.07, 6.45) is 3.92. The van der Waals surface area contributed by atoms with Gasteiger partial charge in [0.05, 0.1) is 19.8 Å². The number of nitrogens with zero attached hydrogens (tertiary/aromatic N) is 6. The first kappa shape index (κ1) is 18.0. The van der Waals surface area contributed by atoms with Gasteiger partial charge in [-0.15, -0.1) is 0 Å². The van der Waals surface area contributed by atoms with E-state index in [0.29, 0.717) is 18.5 Å². The van der Waals surface area contributed by atoms with Crippen molar-refractivity contribution in [1.82, 2.24) is 24.8 Å². The molecule has 0 amide bonds. The lowest BCUT2D eigenvalue weighted by atomic mass is 10.00. The van der Waals surface area contributed by atoms with E-state index in [0.717, 1.165) is 59.9 Å². The van der Waals surface area contributed by atoms with Crippen LogP contribution in [0.25, 0.3) is 10.3 Å². The molecule has 0 atom stereocenters. The number of hydrogen-bond acceptors (Lipinski definition) is 8. The zero-order valence-electron chi connectivity index (χ0n) is 15.4. The predicted molar refractivity (Wildman–Crippen MR) is 108 cm³/mol. The normalized spacial score (nSPS) is 23.1. The summed E-state index contributed by atoms with van der Waals surface area (Å²) in [4.78, 5) is 22.1. The van der Waals surface area contributed by atoms with Gasteiger partial charge in [-0.05, 0) is 44.0 Å². The number of ether oxygens (including phenoxy) is 1. The van der Waals surface area contributed by atoms with Gasteiger partial charge < -0.3 is 14.5 Å². The fraction of sp³-hybridized carbons (Fsp3) is 0.722. The molecule has 3 fully saturated rings. The number of morpholine rings is 1. The lowest BCUT2D eigenvalue weighted by molar-refractivity contribution is 0.0612. The van der Waals surface area contributed by atoms with Gasteiger partial charge in [0.1, 0.15) is 10.5 Å². The maximum Gasteiger partial charge on any atom is 0.225 e. The Balaban J connectivity index is 1.31. The molecule has 5 heterocycles. The third kappa shape index (κ3) is 3.78. The molecule has 0 radical (unpaired) electrons. The highest BCUT2D eigenvalue weighted by molar-refractivity contribution is 7.18. The minimum atomic E-state index is 0.301. The summed E-state index contributed by atoms with van der Waals surface area (Å²) in [6.45, 7) is 8.86. The number of rotatable bonds is 4. The molecule has 3 aliphatic rings. The zero-order valence-corrected chi connectivity index (χ0v) is 17.0. The van der Waals surface area contributed by atoms with Crippen LogP contribution in [0.1, 0.15) is 24.3 Å². The second-order valence-corrected chi connectivity index (χ2v) is 8.97. The van der Waals surface area contributed by atoms with E-state index < -0.39 is 0 Å². The first-order chi connectivity index (χ1) is 13.3. The standard InChI is InChI=1S/C18H25ClN6OS/c19-18-21-16(25-8-10-26-11-9-25)15-17(22-18)27-14(20-15)12-23-6-2-13(3-7-23)24-4-1-5-24/h13H,1-12H2. The largest absolute Gasteiger partial charge is 0.378 e. The molecular formula is C18H25ClN6OS. The van der Waals surface area contributed by atoms with Gasteiger partial charge in [-0.1, -0.05) is 11.3 Å². The van der Waals surface area contributed by atoms with Crippen molar-refractivity contribution in [1.29, 1.82) is 0 Å². The first-order valence-electron chi connectivity index (χ1n) is 9.88. The average Bonchev–Trinajstić information content (AvgIpc) is 3.04. The van der Waals surface area contributed by atoms with Crippen molar-refractivity contribution in [2.45, 2.75) is 31.8 Å². The number of anilines is 1. The Morgan fingerprint density at radius 3 is 2.48 bits per heavy atom. The van der Waals surface area contributed by atoms with Gasteiger partial charge in [0.15, 0.2) is 10.6 Å². The van der Waals surface area contributed by atoms with E-state index in [2.05, 4.69) is 24.7 Å². The molecule has 3 aliphatic heterocycles. The maximum absolute atomic E-state index is 6.19. The van der Waals surface area contributed by atoms with Crippen LogP contribution in [-0.4, -0.2) is 83.3 Å². The van der Waals surface area contributed by atoms with Crippen molar-refractivity contribution in [3.05, 3.63) is 10.3 Å². The van der Waals surface area contributed by atoms with E-state index in [9.17, 15) is 0 Å². The van der Waals surface area contributed by atoms with Crippen molar-refractivity contribution in [3.8, 4) is 0 Å². The third-order valence-corrected chi connectivity index (χ3v) is 6.99. The molecule has 0 saturated carbocycles. The lowest BCUT2D eigenvalue weighted by Gasteiger charge is -2.42. The topological polar surface area (TPSA) is 57.6 Å². The molecule has 0 aromatic carbocycles. The molecule has 2 aromatic heterocycles. The maximum atomic E-state index is 6.19. The van der Waals surface area contributed by atoms with Gasteiger partial charge in [0, 0.05) is 32.2 Å². The number of halogens is 1. The Hall–Kier alpha value is -1.06. The number of fused-ring (bicyclic) bond motifs is 1.